The maximum atomic E-state index is 14.4. The largest absolute Gasteiger partial charge is 0.493 e. The van der Waals surface area contributed by atoms with Crippen LogP contribution in [0.1, 0.15) is 89.5 Å². The number of aryl methyl sites for hydroxylation is 1. The van der Waals surface area contributed by atoms with Crippen LogP contribution in [0.2, 0.25) is 0 Å². The summed E-state index contributed by atoms with van der Waals surface area (Å²) in [6.07, 6.45) is 17.9. The van der Waals surface area contributed by atoms with Crippen molar-refractivity contribution in [2.45, 2.75) is 90.4 Å². The van der Waals surface area contributed by atoms with Gasteiger partial charge in [0.05, 0.1) is 6.61 Å². The standard InChI is InChI=1S/C25H39FO/c1-3-5-7-9-19-27-24-18-17-23(25(26)20-24)16-15-22-13-11-21(12-14-22)10-8-6-4-2/h3,17-18,20-22H,1,4-16,19H2,2H3. The lowest BCUT2D eigenvalue weighted by atomic mass is 9.78. The molecule has 0 amide bonds. The molecule has 1 fully saturated rings. The lowest BCUT2D eigenvalue weighted by molar-refractivity contribution is 0.248. The van der Waals surface area contributed by atoms with Gasteiger partial charge < -0.3 is 4.74 Å². The first kappa shape index (κ1) is 22.0. The number of benzene rings is 1. The van der Waals surface area contributed by atoms with Crippen LogP contribution in [0.3, 0.4) is 0 Å². The molecule has 1 nitrogen and oxygen atoms in total. The molecule has 0 bridgehead atoms. The van der Waals surface area contributed by atoms with Gasteiger partial charge in [0.1, 0.15) is 11.6 Å². The lowest BCUT2D eigenvalue weighted by Crippen LogP contribution is -2.15. The summed E-state index contributed by atoms with van der Waals surface area (Å²) in [5, 5.41) is 0. The summed E-state index contributed by atoms with van der Waals surface area (Å²) in [6, 6.07) is 5.41. The Morgan fingerprint density at radius 1 is 1.04 bits per heavy atom. The van der Waals surface area contributed by atoms with Crippen LogP contribution >= 0.6 is 0 Å². The van der Waals surface area contributed by atoms with E-state index >= 15 is 0 Å². The SMILES string of the molecule is C=CCCCCOc1ccc(CCC2CCC(CCCCC)CC2)c(F)c1. The van der Waals surface area contributed by atoms with E-state index in [0.717, 1.165) is 49.5 Å². The van der Waals surface area contributed by atoms with Crippen molar-refractivity contribution in [3.63, 3.8) is 0 Å². The number of allylic oxidation sites excluding steroid dienone is 1. The topological polar surface area (TPSA) is 9.23 Å². The van der Waals surface area contributed by atoms with Crippen LogP contribution in [0.15, 0.2) is 30.9 Å². The van der Waals surface area contributed by atoms with E-state index in [4.69, 9.17) is 4.74 Å². The molecule has 0 spiro atoms. The highest BCUT2D eigenvalue weighted by Crippen LogP contribution is 2.34. The Kier molecular flexibility index (Phi) is 10.6. The zero-order valence-electron chi connectivity index (χ0n) is 17.4. The van der Waals surface area contributed by atoms with E-state index in [9.17, 15) is 4.39 Å². The zero-order chi connectivity index (χ0) is 19.3. The first-order chi connectivity index (χ1) is 13.2. The molecule has 2 rings (SSSR count). The van der Waals surface area contributed by atoms with Gasteiger partial charge in [0.2, 0.25) is 0 Å². The van der Waals surface area contributed by atoms with Crippen molar-refractivity contribution in [3.05, 3.63) is 42.2 Å². The van der Waals surface area contributed by atoms with Crippen LogP contribution in [0, 0.1) is 17.7 Å². The lowest BCUT2D eigenvalue weighted by Gasteiger charge is -2.28. The van der Waals surface area contributed by atoms with Gasteiger partial charge in [0, 0.05) is 6.07 Å². The maximum Gasteiger partial charge on any atom is 0.130 e. The second-order valence-corrected chi connectivity index (χ2v) is 8.31. The number of unbranched alkanes of at least 4 members (excludes halogenated alkanes) is 4. The summed E-state index contributed by atoms with van der Waals surface area (Å²) >= 11 is 0. The van der Waals surface area contributed by atoms with Crippen molar-refractivity contribution >= 4 is 0 Å². The Morgan fingerprint density at radius 2 is 1.78 bits per heavy atom. The van der Waals surface area contributed by atoms with Gasteiger partial charge >= 0.3 is 0 Å². The molecule has 1 aliphatic rings. The number of halogens is 1. The summed E-state index contributed by atoms with van der Waals surface area (Å²) in [7, 11) is 0. The Labute approximate surface area is 166 Å². The smallest absolute Gasteiger partial charge is 0.130 e. The molecule has 1 aliphatic carbocycles. The zero-order valence-corrected chi connectivity index (χ0v) is 17.4. The third kappa shape index (κ3) is 8.49. The third-order valence-electron chi connectivity index (χ3n) is 6.10. The fourth-order valence-corrected chi connectivity index (χ4v) is 4.25. The van der Waals surface area contributed by atoms with Crippen LogP contribution < -0.4 is 4.74 Å². The fraction of sp³-hybridized carbons (Fsp3) is 0.680. The molecule has 152 valence electrons. The summed E-state index contributed by atoms with van der Waals surface area (Å²) in [6.45, 7) is 6.64. The molecule has 0 radical (unpaired) electrons. The highest BCUT2D eigenvalue weighted by Gasteiger charge is 2.21. The Morgan fingerprint density at radius 3 is 2.44 bits per heavy atom. The second kappa shape index (κ2) is 13.0. The van der Waals surface area contributed by atoms with Crippen LogP contribution in [-0.2, 0) is 6.42 Å². The van der Waals surface area contributed by atoms with Crippen LogP contribution in [0.25, 0.3) is 0 Å². The Hall–Kier alpha value is -1.31. The molecule has 0 unspecified atom stereocenters. The Bertz CT molecular complexity index is 531. The van der Waals surface area contributed by atoms with Crippen molar-refractivity contribution in [1.29, 1.82) is 0 Å². The highest BCUT2D eigenvalue weighted by molar-refractivity contribution is 5.29. The molecular weight excluding hydrogens is 335 g/mol. The molecule has 0 atom stereocenters. The minimum atomic E-state index is -0.105. The number of hydrogen-bond donors (Lipinski definition) is 0. The van der Waals surface area contributed by atoms with Gasteiger partial charge in [0.25, 0.3) is 0 Å². The van der Waals surface area contributed by atoms with Gasteiger partial charge in [-0.1, -0.05) is 70.4 Å². The second-order valence-electron chi connectivity index (χ2n) is 8.31. The van der Waals surface area contributed by atoms with Crippen molar-refractivity contribution in [3.8, 4) is 5.75 Å². The molecule has 0 aromatic heterocycles. The highest BCUT2D eigenvalue weighted by atomic mass is 19.1. The van der Waals surface area contributed by atoms with Crippen LogP contribution in [-0.4, -0.2) is 6.61 Å². The molecule has 27 heavy (non-hydrogen) atoms. The predicted octanol–water partition coefficient (Wildman–Crippen LogP) is 7.88. The van der Waals surface area contributed by atoms with Crippen molar-refractivity contribution in [1.82, 2.24) is 0 Å². The van der Waals surface area contributed by atoms with E-state index in [-0.39, 0.29) is 5.82 Å². The van der Waals surface area contributed by atoms with E-state index in [1.807, 2.05) is 18.2 Å². The number of ether oxygens (including phenoxy) is 1. The first-order valence-electron chi connectivity index (χ1n) is 11.2. The Balaban J connectivity index is 1.66. The van der Waals surface area contributed by atoms with E-state index in [1.165, 1.54) is 51.4 Å². The van der Waals surface area contributed by atoms with Gasteiger partial charge in [-0.25, -0.2) is 4.39 Å². The maximum absolute atomic E-state index is 14.4. The van der Waals surface area contributed by atoms with E-state index in [2.05, 4.69) is 13.5 Å². The van der Waals surface area contributed by atoms with Gasteiger partial charge in [-0.15, -0.1) is 6.58 Å². The normalized spacial score (nSPS) is 19.8. The van der Waals surface area contributed by atoms with E-state index in [0.29, 0.717) is 12.4 Å². The summed E-state index contributed by atoms with van der Waals surface area (Å²) in [5.41, 5.74) is 0.846. The summed E-state index contributed by atoms with van der Waals surface area (Å²) in [4.78, 5) is 0. The minimum Gasteiger partial charge on any atom is -0.493 e. The fourth-order valence-electron chi connectivity index (χ4n) is 4.25. The van der Waals surface area contributed by atoms with E-state index in [1.54, 1.807) is 6.07 Å². The molecule has 1 aromatic carbocycles. The van der Waals surface area contributed by atoms with Gasteiger partial charge in [-0.2, -0.15) is 0 Å². The quantitative estimate of drug-likeness (QED) is 0.252. The molecule has 0 aliphatic heterocycles. The molecule has 0 heterocycles. The van der Waals surface area contributed by atoms with Crippen molar-refractivity contribution < 1.29 is 9.13 Å². The molecule has 1 saturated carbocycles. The molecule has 0 saturated heterocycles. The van der Waals surface area contributed by atoms with Crippen LogP contribution in [0.4, 0.5) is 4.39 Å². The van der Waals surface area contributed by atoms with Gasteiger partial charge in [0.15, 0.2) is 0 Å². The van der Waals surface area contributed by atoms with E-state index < -0.39 is 0 Å². The average molecular weight is 375 g/mol. The molecule has 1 aromatic rings. The molecule has 2 heteroatoms. The summed E-state index contributed by atoms with van der Waals surface area (Å²) < 4.78 is 20.0. The molecular formula is C25H39FO. The monoisotopic (exact) mass is 374 g/mol. The average Bonchev–Trinajstić information content (AvgIpc) is 2.68. The van der Waals surface area contributed by atoms with Crippen molar-refractivity contribution in [2.24, 2.45) is 11.8 Å². The number of hydrogen-bond acceptors (Lipinski definition) is 1. The summed E-state index contributed by atoms with van der Waals surface area (Å²) in [5.74, 6) is 2.29. The predicted molar refractivity (Wildman–Crippen MR) is 114 cm³/mol. The van der Waals surface area contributed by atoms with Gasteiger partial charge in [-0.05, 0) is 55.6 Å². The minimum absolute atomic E-state index is 0.105. The third-order valence-corrected chi connectivity index (χ3v) is 6.10. The number of rotatable bonds is 13. The van der Waals surface area contributed by atoms with Crippen molar-refractivity contribution in [2.75, 3.05) is 6.61 Å². The molecule has 0 N–H and O–H groups in total. The first-order valence-corrected chi connectivity index (χ1v) is 11.2. The van der Waals surface area contributed by atoms with Gasteiger partial charge in [-0.3, -0.25) is 0 Å². The van der Waals surface area contributed by atoms with Crippen LogP contribution in [0.5, 0.6) is 5.75 Å².